The molecular weight excluding hydrogens is 483 g/mol. The molecule has 38 heavy (non-hydrogen) atoms. The number of aromatic nitrogens is 3. The lowest BCUT2D eigenvalue weighted by Gasteiger charge is -2.29. The normalized spacial score (nSPS) is 14.5. The molecule has 1 aliphatic rings. The van der Waals surface area contributed by atoms with Crippen molar-refractivity contribution < 1.29 is 13.9 Å². The molecule has 2 aromatic heterocycles. The fraction of sp³-hybridized carbons (Fsp3) is 0.172. The summed E-state index contributed by atoms with van der Waals surface area (Å²) in [5.74, 6) is -0.656. The standard InChI is InChI=1S/C29H27FN6O2/c1-19(15-24(18-31-2)36-11-13-38-14-12-36)21-5-9-27-25(16-21)28(35-34-27)29(37)33-23-8-10-26(32-17-23)20-3-6-22(30)7-4-20/h3-10,15-18H,2,11-14H2,1H3,(H,33,37)(H,34,35)/b19-15+,24-18+. The van der Waals surface area contributed by atoms with Crippen LogP contribution >= 0.6 is 0 Å². The van der Waals surface area contributed by atoms with Crippen LogP contribution in [0.3, 0.4) is 0 Å². The van der Waals surface area contributed by atoms with E-state index in [1.165, 1.54) is 12.1 Å². The highest BCUT2D eigenvalue weighted by Gasteiger charge is 2.17. The molecule has 192 valence electrons. The van der Waals surface area contributed by atoms with Gasteiger partial charge >= 0.3 is 0 Å². The predicted molar refractivity (Wildman–Crippen MR) is 147 cm³/mol. The van der Waals surface area contributed by atoms with E-state index in [1.807, 2.05) is 25.1 Å². The average Bonchev–Trinajstić information content (AvgIpc) is 3.38. The smallest absolute Gasteiger partial charge is 0.276 e. The van der Waals surface area contributed by atoms with Crippen LogP contribution in [0.4, 0.5) is 10.1 Å². The fourth-order valence-corrected chi connectivity index (χ4v) is 4.31. The number of nitrogens with zero attached hydrogens (tertiary/aromatic N) is 4. The molecule has 4 aromatic rings. The highest BCUT2D eigenvalue weighted by Crippen LogP contribution is 2.25. The highest BCUT2D eigenvalue weighted by molar-refractivity contribution is 6.11. The number of carbonyl (C=O) groups excluding carboxylic acids is 1. The first-order chi connectivity index (χ1) is 18.5. The number of halogens is 1. The average molecular weight is 511 g/mol. The summed E-state index contributed by atoms with van der Waals surface area (Å²) in [5.41, 5.74) is 5.97. The van der Waals surface area contributed by atoms with E-state index in [4.69, 9.17) is 4.74 Å². The fourth-order valence-electron chi connectivity index (χ4n) is 4.31. The highest BCUT2D eigenvalue weighted by atomic mass is 19.1. The third kappa shape index (κ3) is 5.52. The van der Waals surface area contributed by atoms with Gasteiger partial charge in [0.2, 0.25) is 0 Å². The number of anilines is 1. The Hall–Kier alpha value is -4.63. The first-order valence-electron chi connectivity index (χ1n) is 12.2. The van der Waals surface area contributed by atoms with Crippen molar-refractivity contribution in [2.24, 2.45) is 4.99 Å². The number of carbonyl (C=O) groups is 1. The van der Waals surface area contributed by atoms with Gasteiger partial charge in [0.05, 0.1) is 42.0 Å². The van der Waals surface area contributed by atoms with Gasteiger partial charge in [-0.3, -0.25) is 19.9 Å². The van der Waals surface area contributed by atoms with Crippen molar-refractivity contribution in [3.63, 3.8) is 0 Å². The summed E-state index contributed by atoms with van der Waals surface area (Å²) in [5, 5.41) is 10.8. The largest absolute Gasteiger partial charge is 0.378 e. The lowest BCUT2D eigenvalue weighted by atomic mass is 10.0. The van der Waals surface area contributed by atoms with Crippen LogP contribution < -0.4 is 5.32 Å². The molecule has 0 spiro atoms. The number of morpholine rings is 1. The summed E-state index contributed by atoms with van der Waals surface area (Å²) >= 11 is 0. The maximum absolute atomic E-state index is 13.2. The number of fused-ring (bicyclic) bond motifs is 1. The monoisotopic (exact) mass is 510 g/mol. The van der Waals surface area contributed by atoms with E-state index in [9.17, 15) is 9.18 Å². The van der Waals surface area contributed by atoms with Crippen LogP contribution in [0.1, 0.15) is 23.0 Å². The Morgan fingerprint density at radius 1 is 1.16 bits per heavy atom. The van der Waals surface area contributed by atoms with E-state index in [1.54, 1.807) is 36.7 Å². The first kappa shape index (κ1) is 25.0. The zero-order chi connectivity index (χ0) is 26.5. The van der Waals surface area contributed by atoms with Crippen LogP contribution in [0.2, 0.25) is 0 Å². The summed E-state index contributed by atoms with van der Waals surface area (Å²) in [6.45, 7) is 8.55. The zero-order valence-electron chi connectivity index (χ0n) is 20.9. The second-order valence-electron chi connectivity index (χ2n) is 8.89. The number of aromatic amines is 1. The zero-order valence-corrected chi connectivity index (χ0v) is 20.9. The Morgan fingerprint density at radius 2 is 1.95 bits per heavy atom. The minimum absolute atomic E-state index is 0.286. The maximum atomic E-state index is 13.2. The predicted octanol–water partition coefficient (Wildman–Crippen LogP) is 5.29. The van der Waals surface area contributed by atoms with E-state index in [0.29, 0.717) is 30.0 Å². The quantitative estimate of drug-likeness (QED) is 0.260. The van der Waals surface area contributed by atoms with Crippen LogP contribution in [0.5, 0.6) is 0 Å². The van der Waals surface area contributed by atoms with Crippen molar-refractivity contribution in [1.29, 1.82) is 0 Å². The first-order valence-corrected chi connectivity index (χ1v) is 12.2. The molecule has 0 unspecified atom stereocenters. The Morgan fingerprint density at radius 3 is 2.66 bits per heavy atom. The van der Waals surface area contributed by atoms with Gasteiger partial charge in [0, 0.05) is 30.2 Å². The van der Waals surface area contributed by atoms with Gasteiger partial charge in [-0.05, 0) is 79.4 Å². The Kier molecular flexibility index (Phi) is 7.37. The molecule has 1 fully saturated rings. The number of benzene rings is 2. The molecule has 5 rings (SSSR count). The van der Waals surface area contributed by atoms with Gasteiger partial charge < -0.3 is 15.0 Å². The van der Waals surface area contributed by atoms with Crippen molar-refractivity contribution in [1.82, 2.24) is 20.1 Å². The van der Waals surface area contributed by atoms with E-state index >= 15 is 0 Å². The van der Waals surface area contributed by atoms with Gasteiger partial charge in [-0.25, -0.2) is 4.39 Å². The van der Waals surface area contributed by atoms with Crippen LogP contribution in [-0.4, -0.2) is 59.0 Å². The summed E-state index contributed by atoms with van der Waals surface area (Å²) in [6, 6.07) is 15.5. The number of allylic oxidation sites excluding steroid dienone is 2. The third-order valence-corrected chi connectivity index (χ3v) is 6.36. The number of H-pyrrole nitrogens is 1. The molecule has 9 heteroatoms. The van der Waals surface area contributed by atoms with Gasteiger partial charge in [0.25, 0.3) is 5.91 Å². The lowest BCUT2D eigenvalue weighted by Crippen LogP contribution is -2.35. The topological polar surface area (TPSA) is 95.5 Å². The van der Waals surface area contributed by atoms with Crippen molar-refractivity contribution in [3.8, 4) is 11.3 Å². The number of hydrogen-bond donors (Lipinski definition) is 2. The van der Waals surface area contributed by atoms with Crippen LogP contribution in [0.15, 0.2) is 83.8 Å². The molecule has 3 heterocycles. The van der Waals surface area contributed by atoms with Gasteiger partial charge in [-0.1, -0.05) is 6.07 Å². The minimum atomic E-state index is -0.351. The number of hydrogen-bond acceptors (Lipinski definition) is 6. The van der Waals surface area contributed by atoms with E-state index in [-0.39, 0.29) is 17.4 Å². The summed E-state index contributed by atoms with van der Waals surface area (Å²) in [7, 11) is 0. The molecule has 8 nitrogen and oxygen atoms in total. The van der Waals surface area contributed by atoms with Crippen molar-refractivity contribution in [2.75, 3.05) is 31.6 Å². The molecule has 0 bridgehead atoms. The molecule has 0 atom stereocenters. The molecule has 2 N–H and O–H groups in total. The molecule has 0 aliphatic carbocycles. The van der Waals surface area contributed by atoms with E-state index < -0.39 is 0 Å². The van der Waals surface area contributed by atoms with Gasteiger partial charge in [0.1, 0.15) is 5.82 Å². The summed E-state index contributed by atoms with van der Waals surface area (Å²) in [4.78, 5) is 23.7. The number of pyridine rings is 1. The molecule has 1 amide bonds. The number of nitrogens with one attached hydrogen (secondary N) is 2. The second-order valence-corrected chi connectivity index (χ2v) is 8.89. The number of amides is 1. The molecule has 1 aliphatic heterocycles. The third-order valence-electron chi connectivity index (χ3n) is 6.36. The molecule has 2 aromatic carbocycles. The second kappa shape index (κ2) is 11.2. The maximum Gasteiger partial charge on any atom is 0.276 e. The molecule has 1 saturated heterocycles. The van der Waals surface area contributed by atoms with E-state index in [0.717, 1.165) is 41.0 Å². The van der Waals surface area contributed by atoms with Gasteiger partial charge in [-0.2, -0.15) is 5.10 Å². The molecule has 0 saturated carbocycles. The molecule has 0 radical (unpaired) electrons. The van der Waals surface area contributed by atoms with E-state index in [2.05, 4.69) is 43.2 Å². The van der Waals surface area contributed by atoms with Gasteiger partial charge in [-0.15, -0.1) is 0 Å². The van der Waals surface area contributed by atoms with Crippen molar-refractivity contribution >= 4 is 34.8 Å². The Bertz CT molecular complexity index is 1520. The number of ether oxygens (including phenoxy) is 1. The van der Waals surface area contributed by atoms with Crippen LogP contribution in [0, 0.1) is 5.82 Å². The van der Waals surface area contributed by atoms with Gasteiger partial charge in [0.15, 0.2) is 5.69 Å². The Balaban J connectivity index is 1.36. The van der Waals surface area contributed by atoms with Crippen molar-refractivity contribution in [2.45, 2.75) is 6.92 Å². The SMILES string of the molecule is C=N/C=C(\C=C(/C)c1ccc2[nH]nc(C(=O)Nc3ccc(-c4ccc(F)cc4)nc3)c2c1)N1CCOCC1. The van der Waals surface area contributed by atoms with Crippen molar-refractivity contribution in [3.05, 3.63) is 95.8 Å². The lowest BCUT2D eigenvalue weighted by molar-refractivity contribution is 0.0553. The summed E-state index contributed by atoms with van der Waals surface area (Å²) < 4.78 is 18.7. The minimum Gasteiger partial charge on any atom is -0.378 e. The Labute approximate surface area is 219 Å². The summed E-state index contributed by atoms with van der Waals surface area (Å²) in [6.07, 6.45) is 5.38. The van der Waals surface area contributed by atoms with Crippen LogP contribution in [0.25, 0.3) is 27.7 Å². The van der Waals surface area contributed by atoms with Crippen LogP contribution in [-0.2, 0) is 4.74 Å². The number of aliphatic imine (C=N–C) groups is 1. The number of rotatable bonds is 7. The molecular formula is C29H27FN6O2.